The van der Waals surface area contributed by atoms with E-state index in [1.165, 1.54) is 32.2 Å². The molecule has 6 heteroatoms. The Labute approximate surface area is 116 Å². The molecule has 19 heavy (non-hydrogen) atoms. The second-order valence-electron chi connectivity index (χ2n) is 4.29. The Morgan fingerprint density at radius 3 is 2.58 bits per heavy atom. The summed E-state index contributed by atoms with van der Waals surface area (Å²) in [6.07, 6.45) is 0.277. The Morgan fingerprint density at radius 1 is 1.47 bits per heavy atom. The van der Waals surface area contributed by atoms with E-state index >= 15 is 0 Å². The van der Waals surface area contributed by atoms with E-state index in [4.69, 9.17) is 21.4 Å². The number of carbonyl (C=O) groups excluding carboxylic acids is 1. The molecule has 0 aliphatic heterocycles. The normalized spacial score (nSPS) is 13.5. The number of carboxylic acids is 1. The zero-order valence-electron chi connectivity index (χ0n) is 11.0. The molecule has 104 valence electrons. The van der Waals surface area contributed by atoms with Crippen molar-refractivity contribution in [2.24, 2.45) is 0 Å². The van der Waals surface area contributed by atoms with Crippen LogP contribution in [0.5, 0.6) is 5.75 Å². The van der Waals surface area contributed by atoms with E-state index in [9.17, 15) is 9.59 Å². The summed E-state index contributed by atoms with van der Waals surface area (Å²) in [7, 11) is 1.44. The fourth-order valence-corrected chi connectivity index (χ4v) is 1.61. The topological polar surface area (TPSA) is 75.6 Å². The number of benzene rings is 1. The predicted molar refractivity (Wildman–Crippen MR) is 71.8 cm³/mol. The summed E-state index contributed by atoms with van der Waals surface area (Å²) in [5.41, 5.74) is -1.01. The average molecular weight is 286 g/mol. The summed E-state index contributed by atoms with van der Waals surface area (Å²) >= 11 is 5.86. The van der Waals surface area contributed by atoms with Gasteiger partial charge >= 0.3 is 5.97 Å². The van der Waals surface area contributed by atoms with Crippen LogP contribution in [-0.4, -0.2) is 29.6 Å². The maximum atomic E-state index is 12.0. The molecule has 0 radical (unpaired) electrons. The van der Waals surface area contributed by atoms with Crippen LogP contribution in [-0.2, 0) is 4.79 Å². The molecule has 1 aromatic carbocycles. The van der Waals surface area contributed by atoms with Crippen molar-refractivity contribution in [3.63, 3.8) is 0 Å². The molecule has 0 saturated carbocycles. The standard InChI is InChI=1S/C13H16ClNO4/c1-4-13(2,12(17)18)15-11(16)8-5-6-9(14)10(7-8)19-3/h5-7H,4H2,1-3H3,(H,15,16)(H,17,18). The van der Waals surface area contributed by atoms with E-state index in [-0.39, 0.29) is 6.42 Å². The van der Waals surface area contributed by atoms with Crippen molar-refractivity contribution >= 4 is 23.5 Å². The van der Waals surface area contributed by atoms with Gasteiger partial charge in [-0.3, -0.25) is 4.79 Å². The lowest BCUT2D eigenvalue weighted by Gasteiger charge is -2.24. The van der Waals surface area contributed by atoms with Crippen LogP contribution in [0.15, 0.2) is 18.2 Å². The molecule has 0 saturated heterocycles. The Hall–Kier alpha value is -1.75. The van der Waals surface area contributed by atoms with Crippen molar-refractivity contribution in [1.29, 1.82) is 0 Å². The smallest absolute Gasteiger partial charge is 0.329 e. The number of amides is 1. The summed E-state index contributed by atoms with van der Waals surface area (Å²) in [5.74, 6) is -1.20. The molecule has 0 fully saturated rings. The molecule has 5 nitrogen and oxygen atoms in total. The largest absolute Gasteiger partial charge is 0.495 e. The molecule has 0 spiro atoms. The van der Waals surface area contributed by atoms with Gasteiger partial charge in [0.05, 0.1) is 12.1 Å². The summed E-state index contributed by atoms with van der Waals surface area (Å²) < 4.78 is 5.01. The van der Waals surface area contributed by atoms with Gasteiger partial charge in [-0.25, -0.2) is 4.79 Å². The Morgan fingerprint density at radius 2 is 2.11 bits per heavy atom. The fourth-order valence-electron chi connectivity index (χ4n) is 1.42. The number of aliphatic carboxylic acids is 1. The first-order chi connectivity index (χ1) is 8.84. The van der Waals surface area contributed by atoms with Crippen molar-refractivity contribution in [3.05, 3.63) is 28.8 Å². The molecule has 0 heterocycles. The highest BCUT2D eigenvalue weighted by molar-refractivity contribution is 6.32. The Kier molecular flexibility index (Phi) is 4.78. The van der Waals surface area contributed by atoms with Gasteiger partial charge in [0.1, 0.15) is 11.3 Å². The monoisotopic (exact) mass is 285 g/mol. The first-order valence-electron chi connectivity index (χ1n) is 5.73. The van der Waals surface area contributed by atoms with E-state index in [1.54, 1.807) is 6.92 Å². The van der Waals surface area contributed by atoms with Crippen LogP contribution < -0.4 is 10.1 Å². The molecule has 1 amide bonds. The van der Waals surface area contributed by atoms with Crippen molar-refractivity contribution in [2.75, 3.05) is 7.11 Å². The Balaban J connectivity index is 2.98. The molecular formula is C13H16ClNO4. The van der Waals surface area contributed by atoms with E-state index in [0.717, 1.165) is 0 Å². The Bertz CT molecular complexity index is 503. The number of ether oxygens (including phenoxy) is 1. The van der Waals surface area contributed by atoms with Gasteiger partial charge < -0.3 is 15.2 Å². The van der Waals surface area contributed by atoms with Gasteiger partial charge in [-0.05, 0) is 31.5 Å². The van der Waals surface area contributed by atoms with Gasteiger partial charge in [0.2, 0.25) is 0 Å². The number of carboxylic acid groups (broad SMARTS) is 1. The average Bonchev–Trinajstić information content (AvgIpc) is 2.38. The van der Waals surface area contributed by atoms with Crippen LogP contribution in [0.25, 0.3) is 0 Å². The predicted octanol–water partition coefficient (Wildman–Crippen LogP) is 2.33. The highest BCUT2D eigenvalue weighted by Gasteiger charge is 2.33. The SMILES string of the molecule is CCC(C)(NC(=O)c1ccc(Cl)c(OC)c1)C(=O)O. The molecule has 0 aromatic heterocycles. The lowest BCUT2D eigenvalue weighted by molar-refractivity contribution is -0.143. The molecule has 1 unspecified atom stereocenters. The second-order valence-corrected chi connectivity index (χ2v) is 4.70. The van der Waals surface area contributed by atoms with Crippen molar-refractivity contribution in [2.45, 2.75) is 25.8 Å². The summed E-state index contributed by atoms with van der Waals surface area (Å²) in [6, 6.07) is 4.51. The van der Waals surface area contributed by atoms with Gasteiger partial charge in [0.15, 0.2) is 0 Å². The first kappa shape index (κ1) is 15.3. The van der Waals surface area contributed by atoms with Crippen LogP contribution in [0.1, 0.15) is 30.6 Å². The summed E-state index contributed by atoms with van der Waals surface area (Å²) in [6.45, 7) is 3.15. The van der Waals surface area contributed by atoms with E-state index in [1.807, 2.05) is 0 Å². The van der Waals surface area contributed by atoms with Crippen molar-refractivity contribution < 1.29 is 19.4 Å². The molecular weight excluding hydrogens is 270 g/mol. The minimum absolute atomic E-state index is 0.277. The zero-order valence-corrected chi connectivity index (χ0v) is 11.7. The highest BCUT2D eigenvalue weighted by Crippen LogP contribution is 2.25. The summed E-state index contributed by atoms with van der Waals surface area (Å²) in [4.78, 5) is 23.2. The van der Waals surface area contributed by atoms with Gasteiger partial charge in [-0.2, -0.15) is 0 Å². The molecule has 1 atom stereocenters. The number of nitrogens with one attached hydrogen (secondary N) is 1. The highest BCUT2D eigenvalue weighted by atomic mass is 35.5. The molecule has 0 bridgehead atoms. The van der Waals surface area contributed by atoms with E-state index < -0.39 is 17.4 Å². The summed E-state index contributed by atoms with van der Waals surface area (Å²) in [5, 5.41) is 12.0. The number of carbonyl (C=O) groups is 2. The van der Waals surface area contributed by atoms with Crippen LogP contribution >= 0.6 is 11.6 Å². The third kappa shape index (κ3) is 3.38. The van der Waals surface area contributed by atoms with Crippen LogP contribution in [0.4, 0.5) is 0 Å². The van der Waals surface area contributed by atoms with Crippen molar-refractivity contribution in [1.82, 2.24) is 5.32 Å². The van der Waals surface area contributed by atoms with Gasteiger partial charge in [0, 0.05) is 5.56 Å². The lowest BCUT2D eigenvalue weighted by atomic mass is 9.98. The quantitative estimate of drug-likeness (QED) is 0.870. The third-order valence-electron chi connectivity index (χ3n) is 2.98. The fraction of sp³-hybridized carbons (Fsp3) is 0.385. The molecule has 2 N–H and O–H groups in total. The van der Waals surface area contributed by atoms with Gasteiger partial charge in [0.25, 0.3) is 5.91 Å². The minimum atomic E-state index is -1.30. The van der Waals surface area contributed by atoms with Crippen molar-refractivity contribution in [3.8, 4) is 5.75 Å². The maximum absolute atomic E-state index is 12.0. The number of rotatable bonds is 5. The van der Waals surface area contributed by atoms with Crippen LogP contribution in [0.2, 0.25) is 5.02 Å². The second kappa shape index (κ2) is 5.93. The van der Waals surface area contributed by atoms with E-state index in [2.05, 4.69) is 5.32 Å². The molecule has 0 aliphatic rings. The van der Waals surface area contributed by atoms with Crippen LogP contribution in [0.3, 0.4) is 0 Å². The van der Waals surface area contributed by atoms with Crippen LogP contribution in [0, 0.1) is 0 Å². The van der Waals surface area contributed by atoms with E-state index in [0.29, 0.717) is 16.3 Å². The first-order valence-corrected chi connectivity index (χ1v) is 6.11. The number of hydrogen-bond acceptors (Lipinski definition) is 3. The van der Waals surface area contributed by atoms with Gasteiger partial charge in [-0.1, -0.05) is 18.5 Å². The molecule has 1 rings (SSSR count). The zero-order chi connectivity index (χ0) is 14.6. The molecule has 1 aromatic rings. The number of hydrogen-bond donors (Lipinski definition) is 2. The number of halogens is 1. The lowest BCUT2D eigenvalue weighted by Crippen LogP contribution is -2.51. The van der Waals surface area contributed by atoms with Gasteiger partial charge in [-0.15, -0.1) is 0 Å². The maximum Gasteiger partial charge on any atom is 0.329 e. The third-order valence-corrected chi connectivity index (χ3v) is 3.29. The molecule has 0 aliphatic carbocycles. The minimum Gasteiger partial charge on any atom is -0.495 e. The number of methoxy groups -OCH3 is 1.